The van der Waals surface area contributed by atoms with E-state index in [0.29, 0.717) is 10.6 Å². The molecule has 21 heavy (non-hydrogen) atoms. The van der Waals surface area contributed by atoms with Gasteiger partial charge in [0.05, 0.1) is 5.75 Å². The predicted molar refractivity (Wildman–Crippen MR) is 77.9 cm³/mol. The van der Waals surface area contributed by atoms with Crippen molar-refractivity contribution in [1.82, 2.24) is 0 Å². The second kappa shape index (κ2) is 5.81. The zero-order valence-corrected chi connectivity index (χ0v) is 13.2. The van der Waals surface area contributed by atoms with Crippen LogP contribution in [0.1, 0.15) is 25.8 Å². The molecule has 0 amide bonds. The number of benzene rings is 1. The van der Waals surface area contributed by atoms with E-state index in [9.17, 15) is 12.8 Å². The van der Waals surface area contributed by atoms with Gasteiger partial charge in [-0.15, -0.1) is 0 Å². The van der Waals surface area contributed by atoms with Crippen LogP contribution >= 0.6 is 11.6 Å². The van der Waals surface area contributed by atoms with Gasteiger partial charge in [-0.25, -0.2) is 12.8 Å². The van der Waals surface area contributed by atoms with Crippen LogP contribution in [0.4, 0.5) is 4.39 Å². The minimum Gasteiger partial charge on any atom is -0.463 e. The van der Waals surface area contributed by atoms with Crippen LogP contribution in [0, 0.1) is 0 Å². The highest BCUT2D eigenvalue weighted by Crippen LogP contribution is 2.29. The lowest BCUT2D eigenvalue weighted by molar-refractivity contribution is 0.0123. The maximum absolute atomic E-state index is 12.4. The van der Waals surface area contributed by atoms with Gasteiger partial charge >= 0.3 is 0 Å². The number of oxime groups is 1. The molecule has 0 unspecified atom stereocenters. The quantitative estimate of drug-likeness (QED) is 0.848. The third kappa shape index (κ3) is 3.85. The Morgan fingerprint density at radius 2 is 2.19 bits per heavy atom. The van der Waals surface area contributed by atoms with E-state index in [2.05, 4.69) is 5.16 Å². The molecule has 1 aliphatic rings. The lowest BCUT2D eigenvalue weighted by Gasteiger charge is -2.13. The second-order valence-electron chi connectivity index (χ2n) is 5.28. The first-order chi connectivity index (χ1) is 9.73. The van der Waals surface area contributed by atoms with Gasteiger partial charge in [0.15, 0.2) is 14.9 Å². The van der Waals surface area contributed by atoms with Crippen molar-refractivity contribution < 1.29 is 22.4 Å². The average molecular weight is 336 g/mol. The van der Waals surface area contributed by atoms with Crippen molar-refractivity contribution in [3.8, 4) is 5.75 Å². The fraction of sp³-hybridized carbons (Fsp3) is 0.462. The molecule has 116 valence electrons. The Morgan fingerprint density at radius 3 is 2.76 bits per heavy atom. The maximum atomic E-state index is 12.4. The van der Waals surface area contributed by atoms with E-state index in [1.807, 2.05) is 0 Å². The Balaban J connectivity index is 2.25. The SMILES string of the molecule is CC1(C)CC(S(=O)(=O)Cc2ccc(Cl)cc2OCF)=NO1. The van der Waals surface area contributed by atoms with Gasteiger partial charge in [-0.05, 0) is 26.0 Å². The summed E-state index contributed by atoms with van der Waals surface area (Å²) in [6.45, 7) is 2.43. The van der Waals surface area contributed by atoms with E-state index in [1.165, 1.54) is 18.2 Å². The zero-order valence-electron chi connectivity index (χ0n) is 11.6. The van der Waals surface area contributed by atoms with Crippen LogP contribution in [0.25, 0.3) is 0 Å². The second-order valence-corrected chi connectivity index (χ2v) is 7.70. The molecule has 0 fully saturated rings. The third-order valence-corrected chi connectivity index (χ3v) is 4.78. The van der Waals surface area contributed by atoms with Gasteiger partial charge in [0.2, 0.25) is 6.86 Å². The van der Waals surface area contributed by atoms with Crippen molar-refractivity contribution in [2.45, 2.75) is 31.6 Å². The molecule has 0 N–H and O–H groups in total. The molecule has 1 heterocycles. The Bertz CT molecular complexity index is 673. The van der Waals surface area contributed by atoms with Gasteiger partial charge in [-0.3, -0.25) is 0 Å². The molecule has 0 radical (unpaired) electrons. The van der Waals surface area contributed by atoms with E-state index in [-0.39, 0.29) is 23.0 Å². The topological polar surface area (TPSA) is 65.0 Å². The molecule has 0 aromatic heterocycles. The number of halogens is 2. The molecule has 5 nitrogen and oxygen atoms in total. The number of hydrogen-bond donors (Lipinski definition) is 0. The standard InChI is InChI=1S/C13H15ClFNO4S/c1-13(2)6-12(16-20-13)21(17,18)7-9-3-4-10(14)5-11(9)19-8-15/h3-5H,6-8H2,1-2H3. The molecular weight excluding hydrogens is 321 g/mol. The van der Waals surface area contributed by atoms with Crippen molar-refractivity contribution in [2.24, 2.45) is 5.16 Å². The molecule has 1 aliphatic heterocycles. The van der Waals surface area contributed by atoms with Crippen LogP contribution in [0.3, 0.4) is 0 Å². The number of ether oxygens (including phenoxy) is 1. The molecule has 0 saturated heterocycles. The fourth-order valence-electron chi connectivity index (χ4n) is 1.90. The average Bonchev–Trinajstić information content (AvgIpc) is 2.74. The molecule has 0 atom stereocenters. The molecule has 1 aromatic carbocycles. The van der Waals surface area contributed by atoms with Gasteiger partial charge in [0, 0.05) is 17.0 Å². The minimum atomic E-state index is -3.66. The van der Waals surface area contributed by atoms with Crippen LogP contribution in [0.2, 0.25) is 5.02 Å². The summed E-state index contributed by atoms with van der Waals surface area (Å²) in [4.78, 5) is 5.07. The van der Waals surface area contributed by atoms with Crippen LogP contribution in [-0.4, -0.2) is 25.9 Å². The van der Waals surface area contributed by atoms with Gasteiger partial charge in [-0.2, -0.15) is 0 Å². The molecule has 0 saturated carbocycles. The summed E-state index contributed by atoms with van der Waals surface area (Å²) in [5, 5.41) is 3.95. The summed E-state index contributed by atoms with van der Waals surface area (Å²) in [6.07, 6.45) is 0.197. The summed E-state index contributed by atoms with van der Waals surface area (Å²) in [5.41, 5.74) is -0.315. The van der Waals surface area contributed by atoms with E-state index in [0.717, 1.165) is 0 Å². The Labute approximate surface area is 127 Å². The zero-order chi connectivity index (χ0) is 15.7. The van der Waals surface area contributed by atoms with Crippen molar-refractivity contribution in [3.05, 3.63) is 28.8 Å². The molecule has 8 heteroatoms. The smallest absolute Gasteiger partial charge is 0.228 e. The maximum Gasteiger partial charge on any atom is 0.228 e. The predicted octanol–water partition coefficient (Wildman–Crippen LogP) is 3.07. The Morgan fingerprint density at radius 1 is 1.48 bits per heavy atom. The van der Waals surface area contributed by atoms with E-state index < -0.39 is 22.3 Å². The lowest BCUT2D eigenvalue weighted by Crippen LogP contribution is -2.23. The highest BCUT2D eigenvalue weighted by atomic mass is 35.5. The number of sulfone groups is 1. The molecule has 1 aromatic rings. The van der Waals surface area contributed by atoms with Crippen LogP contribution < -0.4 is 4.74 Å². The van der Waals surface area contributed by atoms with Crippen molar-refractivity contribution in [3.63, 3.8) is 0 Å². The number of alkyl halides is 1. The largest absolute Gasteiger partial charge is 0.463 e. The van der Waals surface area contributed by atoms with Gasteiger partial charge in [0.25, 0.3) is 0 Å². The first-order valence-electron chi connectivity index (χ1n) is 6.18. The first-order valence-corrected chi connectivity index (χ1v) is 8.21. The number of nitrogens with zero attached hydrogens (tertiary/aromatic N) is 1. The summed E-state index contributed by atoms with van der Waals surface area (Å²) in [5.74, 6) is -0.245. The van der Waals surface area contributed by atoms with Crippen LogP contribution in [0.15, 0.2) is 23.4 Å². The molecular formula is C13H15ClFNO4S. The van der Waals surface area contributed by atoms with Gasteiger partial charge in [0.1, 0.15) is 11.4 Å². The summed E-state index contributed by atoms with van der Waals surface area (Å²) in [7, 11) is -3.66. The Kier molecular flexibility index (Phi) is 4.43. The lowest BCUT2D eigenvalue weighted by atomic mass is 10.1. The molecule has 0 bridgehead atoms. The monoisotopic (exact) mass is 335 g/mol. The molecule has 0 spiro atoms. The van der Waals surface area contributed by atoms with E-state index >= 15 is 0 Å². The molecule has 2 rings (SSSR count). The van der Waals surface area contributed by atoms with E-state index in [4.69, 9.17) is 21.2 Å². The van der Waals surface area contributed by atoms with Crippen LogP contribution in [-0.2, 0) is 20.4 Å². The summed E-state index contributed by atoms with van der Waals surface area (Å²) >= 11 is 5.79. The van der Waals surface area contributed by atoms with Crippen molar-refractivity contribution in [1.29, 1.82) is 0 Å². The molecule has 0 aliphatic carbocycles. The van der Waals surface area contributed by atoms with Gasteiger partial charge < -0.3 is 9.57 Å². The number of rotatable bonds is 4. The Hall–Kier alpha value is -1.34. The first kappa shape index (κ1) is 16.0. The van der Waals surface area contributed by atoms with Crippen molar-refractivity contribution >= 4 is 26.5 Å². The summed E-state index contributed by atoms with van der Waals surface area (Å²) < 4.78 is 41.8. The van der Waals surface area contributed by atoms with Crippen LogP contribution in [0.5, 0.6) is 5.75 Å². The fourth-order valence-corrected chi connectivity index (χ4v) is 3.59. The van der Waals surface area contributed by atoms with E-state index in [1.54, 1.807) is 13.8 Å². The normalized spacial score (nSPS) is 17.2. The third-order valence-electron chi connectivity index (χ3n) is 2.92. The summed E-state index contributed by atoms with van der Waals surface area (Å²) in [6, 6.07) is 4.39. The minimum absolute atomic E-state index is 0.0198. The number of hydrogen-bond acceptors (Lipinski definition) is 5. The van der Waals surface area contributed by atoms with Crippen molar-refractivity contribution in [2.75, 3.05) is 6.86 Å². The highest BCUT2D eigenvalue weighted by molar-refractivity contribution is 8.05. The van der Waals surface area contributed by atoms with Gasteiger partial charge in [-0.1, -0.05) is 22.8 Å². The highest BCUT2D eigenvalue weighted by Gasteiger charge is 2.36.